The van der Waals surface area contributed by atoms with Gasteiger partial charge in [0, 0.05) is 5.02 Å². The molecule has 2 aromatic rings. The molecule has 0 saturated heterocycles. The minimum atomic E-state index is -3.72. The molecule has 3 nitrogen and oxygen atoms in total. The van der Waals surface area contributed by atoms with Gasteiger partial charge in [0.05, 0.1) is 20.6 Å². The van der Waals surface area contributed by atoms with E-state index in [4.69, 9.17) is 34.8 Å². The average molecular weight is 365 g/mol. The van der Waals surface area contributed by atoms with Crippen molar-refractivity contribution in [3.8, 4) is 0 Å². The molecule has 0 fully saturated rings. The minimum Gasteiger partial charge on any atom is -0.280 e. The molecule has 0 spiro atoms. The molecule has 0 unspecified atom stereocenters. The Morgan fingerprint density at radius 2 is 1.48 bits per heavy atom. The monoisotopic (exact) mass is 363 g/mol. The zero-order chi connectivity index (χ0) is 15.8. The lowest BCUT2D eigenvalue weighted by Gasteiger charge is -2.11. The predicted octanol–water partition coefficient (Wildman–Crippen LogP) is 5.06. The van der Waals surface area contributed by atoms with Crippen LogP contribution in [-0.4, -0.2) is 8.42 Å². The molecule has 0 saturated carbocycles. The van der Waals surface area contributed by atoms with E-state index in [-0.39, 0.29) is 9.92 Å². The zero-order valence-corrected chi connectivity index (χ0v) is 14.3. The summed E-state index contributed by atoms with van der Waals surface area (Å²) in [6.45, 7) is 3.51. The lowest BCUT2D eigenvalue weighted by Crippen LogP contribution is -2.13. The molecule has 2 aromatic carbocycles. The van der Waals surface area contributed by atoms with Crippen molar-refractivity contribution in [2.75, 3.05) is 4.72 Å². The van der Waals surface area contributed by atoms with Crippen molar-refractivity contribution in [2.45, 2.75) is 18.7 Å². The molecular weight excluding hydrogens is 353 g/mol. The molecule has 0 radical (unpaired) electrons. The first-order chi connectivity index (χ1) is 9.70. The molecular formula is C14H12Cl3NO2S. The van der Waals surface area contributed by atoms with Crippen LogP contribution in [0.1, 0.15) is 11.1 Å². The van der Waals surface area contributed by atoms with E-state index in [1.54, 1.807) is 19.9 Å². The highest BCUT2D eigenvalue weighted by atomic mass is 35.5. The number of hydrogen-bond acceptors (Lipinski definition) is 2. The van der Waals surface area contributed by atoms with Gasteiger partial charge in [-0.1, -0.05) is 34.8 Å². The van der Waals surface area contributed by atoms with Crippen LogP contribution < -0.4 is 4.72 Å². The number of nitrogens with one attached hydrogen (secondary N) is 1. The van der Waals surface area contributed by atoms with Gasteiger partial charge in [-0.3, -0.25) is 4.72 Å². The fourth-order valence-corrected chi connectivity index (χ4v) is 3.46. The smallest absolute Gasteiger partial charge is 0.261 e. The van der Waals surface area contributed by atoms with E-state index in [0.717, 1.165) is 0 Å². The van der Waals surface area contributed by atoms with Crippen LogP contribution in [0.5, 0.6) is 0 Å². The summed E-state index contributed by atoms with van der Waals surface area (Å²) >= 11 is 17.7. The maximum atomic E-state index is 12.4. The highest BCUT2D eigenvalue weighted by Gasteiger charge is 2.17. The maximum Gasteiger partial charge on any atom is 0.261 e. The third kappa shape index (κ3) is 3.64. The van der Waals surface area contributed by atoms with E-state index < -0.39 is 10.0 Å². The Hall–Kier alpha value is -0.940. The highest BCUT2D eigenvalue weighted by molar-refractivity contribution is 7.92. The van der Waals surface area contributed by atoms with Crippen molar-refractivity contribution in [1.29, 1.82) is 0 Å². The zero-order valence-electron chi connectivity index (χ0n) is 11.2. The maximum absolute atomic E-state index is 12.4. The number of sulfonamides is 1. The van der Waals surface area contributed by atoms with Gasteiger partial charge in [-0.2, -0.15) is 0 Å². The Bertz CT molecular complexity index is 781. The summed E-state index contributed by atoms with van der Waals surface area (Å²) in [5.74, 6) is 0. The van der Waals surface area contributed by atoms with Gasteiger partial charge in [0.1, 0.15) is 0 Å². The summed E-state index contributed by atoms with van der Waals surface area (Å²) in [5.41, 5.74) is 1.74. The highest BCUT2D eigenvalue weighted by Crippen LogP contribution is 2.28. The van der Waals surface area contributed by atoms with Crippen LogP contribution in [-0.2, 0) is 10.0 Å². The van der Waals surface area contributed by atoms with E-state index >= 15 is 0 Å². The normalized spacial score (nSPS) is 11.5. The van der Waals surface area contributed by atoms with E-state index in [0.29, 0.717) is 26.9 Å². The van der Waals surface area contributed by atoms with Crippen LogP contribution >= 0.6 is 34.8 Å². The lowest BCUT2D eigenvalue weighted by molar-refractivity contribution is 0.601. The summed E-state index contributed by atoms with van der Waals surface area (Å²) in [4.78, 5) is 0.146. The van der Waals surface area contributed by atoms with Crippen molar-refractivity contribution in [1.82, 2.24) is 0 Å². The second-order valence-corrected chi connectivity index (χ2v) is 7.48. The first-order valence-electron chi connectivity index (χ1n) is 5.95. The standard InChI is InChI=1S/C14H12Cl3NO2S/c1-8-5-11(6-9(2)14(8)17)21(19,20)18-10-3-4-12(15)13(16)7-10/h3-7,18H,1-2H3. The third-order valence-corrected chi connectivity index (χ3v) is 5.59. The van der Waals surface area contributed by atoms with E-state index in [1.165, 1.54) is 24.3 Å². The van der Waals surface area contributed by atoms with Gasteiger partial charge in [-0.15, -0.1) is 0 Å². The van der Waals surface area contributed by atoms with Crippen LogP contribution in [0.15, 0.2) is 35.2 Å². The number of aryl methyl sites for hydroxylation is 2. The van der Waals surface area contributed by atoms with Crippen molar-refractivity contribution >= 4 is 50.5 Å². The van der Waals surface area contributed by atoms with Crippen molar-refractivity contribution in [3.63, 3.8) is 0 Å². The van der Waals surface area contributed by atoms with Gasteiger partial charge >= 0.3 is 0 Å². The number of hydrogen-bond donors (Lipinski definition) is 1. The molecule has 7 heteroatoms. The largest absolute Gasteiger partial charge is 0.280 e. The van der Waals surface area contributed by atoms with Gasteiger partial charge in [0.2, 0.25) is 0 Å². The van der Waals surface area contributed by atoms with Gasteiger partial charge in [-0.25, -0.2) is 8.42 Å². The van der Waals surface area contributed by atoms with E-state index in [1.807, 2.05) is 0 Å². The number of benzene rings is 2. The Morgan fingerprint density at radius 3 is 2.00 bits per heavy atom. The molecule has 2 rings (SSSR count). The molecule has 112 valence electrons. The molecule has 0 aliphatic carbocycles. The Labute approximate surface area is 138 Å². The second kappa shape index (κ2) is 6.05. The van der Waals surface area contributed by atoms with Crippen LogP contribution in [0.4, 0.5) is 5.69 Å². The fourth-order valence-electron chi connectivity index (χ4n) is 1.84. The van der Waals surface area contributed by atoms with Gasteiger partial charge in [-0.05, 0) is 55.3 Å². The number of halogens is 3. The van der Waals surface area contributed by atoms with Gasteiger partial charge in [0.25, 0.3) is 10.0 Å². The van der Waals surface area contributed by atoms with Crippen molar-refractivity contribution in [3.05, 3.63) is 56.5 Å². The summed E-state index contributed by atoms with van der Waals surface area (Å²) in [6, 6.07) is 7.57. The molecule has 0 amide bonds. The second-order valence-electron chi connectivity index (χ2n) is 4.61. The number of rotatable bonds is 3. The first kappa shape index (κ1) is 16.4. The topological polar surface area (TPSA) is 46.2 Å². The van der Waals surface area contributed by atoms with Crippen molar-refractivity contribution < 1.29 is 8.42 Å². The lowest BCUT2D eigenvalue weighted by atomic mass is 10.2. The minimum absolute atomic E-state index is 0.146. The first-order valence-corrected chi connectivity index (χ1v) is 8.57. The van der Waals surface area contributed by atoms with Crippen LogP contribution in [0.25, 0.3) is 0 Å². The Morgan fingerprint density at radius 1 is 0.905 bits per heavy atom. The molecule has 0 aromatic heterocycles. The fraction of sp³-hybridized carbons (Fsp3) is 0.143. The van der Waals surface area contributed by atoms with Gasteiger partial charge in [0.15, 0.2) is 0 Å². The summed E-state index contributed by atoms with van der Waals surface area (Å²) in [7, 11) is -3.72. The molecule has 0 heterocycles. The predicted molar refractivity (Wildman–Crippen MR) is 88.2 cm³/mol. The Balaban J connectivity index is 2.40. The molecule has 21 heavy (non-hydrogen) atoms. The molecule has 0 aliphatic heterocycles. The van der Waals surface area contributed by atoms with Crippen LogP contribution in [0.3, 0.4) is 0 Å². The van der Waals surface area contributed by atoms with Crippen LogP contribution in [0, 0.1) is 13.8 Å². The number of anilines is 1. The molecule has 0 bridgehead atoms. The average Bonchev–Trinajstić information content (AvgIpc) is 2.39. The van der Waals surface area contributed by atoms with Gasteiger partial charge < -0.3 is 0 Å². The SMILES string of the molecule is Cc1cc(S(=O)(=O)Nc2ccc(Cl)c(Cl)c2)cc(C)c1Cl. The molecule has 0 aliphatic rings. The van der Waals surface area contributed by atoms with Crippen LogP contribution in [0.2, 0.25) is 15.1 Å². The van der Waals surface area contributed by atoms with Crippen molar-refractivity contribution in [2.24, 2.45) is 0 Å². The third-order valence-electron chi connectivity index (χ3n) is 2.89. The summed E-state index contributed by atoms with van der Waals surface area (Å²) in [5, 5.41) is 1.20. The van der Waals surface area contributed by atoms with E-state index in [9.17, 15) is 8.42 Å². The quantitative estimate of drug-likeness (QED) is 0.827. The molecule has 1 N–H and O–H groups in total. The molecule has 0 atom stereocenters. The van der Waals surface area contributed by atoms with E-state index in [2.05, 4.69) is 4.72 Å². The summed E-state index contributed by atoms with van der Waals surface area (Å²) in [6.07, 6.45) is 0. The Kier molecular flexibility index (Phi) is 4.73. The summed E-state index contributed by atoms with van der Waals surface area (Å²) < 4.78 is 27.2.